The molecule has 0 heterocycles. The molecule has 0 atom stereocenters. The summed E-state index contributed by atoms with van der Waals surface area (Å²) in [6.07, 6.45) is 18.5. The summed E-state index contributed by atoms with van der Waals surface area (Å²) >= 11 is -0.102. The summed E-state index contributed by atoms with van der Waals surface area (Å²) in [6.45, 7) is 9.95. The van der Waals surface area contributed by atoms with Crippen molar-refractivity contribution < 1.29 is 17.1 Å². The van der Waals surface area contributed by atoms with Crippen molar-refractivity contribution in [1.29, 1.82) is 0 Å². The Morgan fingerprint density at radius 2 is 0.739 bits per heavy atom. The minimum atomic E-state index is -0.259. The van der Waals surface area contributed by atoms with Crippen LogP contribution >= 0.6 is 0 Å². The van der Waals surface area contributed by atoms with Crippen LogP contribution in [0.25, 0.3) is 0 Å². The summed E-state index contributed by atoms with van der Waals surface area (Å²) < 4.78 is 0. The van der Waals surface area contributed by atoms with E-state index in [1.807, 2.05) is 0 Å². The van der Waals surface area contributed by atoms with Crippen LogP contribution in [0.1, 0.15) is 77.0 Å². The second-order valence-corrected chi connectivity index (χ2v) is 19.8. The van der Waals surface area contributed by atoms with E-state index in [4.69, 9.17) is 0 Å². The maximum absolute atomic E-state index is 2.49. The second-order valence-electron chi connectivity index (χ2n) is 8.67. The van der Waals surface area contributed by atoms with Gasteiger partial charge in [-0.25, -0.2) is 0 Å². The first-order chi connectivity index (χ1) is 11.1. The zero-order valence-electron chi connectivity index (χ0n) is 17.2. The molecule has 0 aliphatic heterocycles. The molecule has 0 fully saturated rings. The average Bonchev–Trinajstić information content (AvgIpc) is 2.49. The molecule has 3 heteroatoms. The first kappa shape index (κ1) is 24.1. The van der Waals surface area contributed by atoms with Crippen molar-refractivity contribution in [1.82, 2.24) is 0 Å². The average molecular weight is 408 g/mol. The van der Waals surface area contributed by atoms with Crippen molar-refractivity contribution in [3.05, 3.63) is 0 Å². The first-order valence-corrected chi connectivity index (χ1v) is 21.6. The standard InChI is InChI=1S/2C10H23Si.Zn/c2*1-4-5-6-7-8-9-10-11(2)3;/h2*11H,1,4-10H2,2-3H3;. The van der Waals surface area contributed by atoms with E-state index in [0.717, 1.165) is 0 Å². The van der Waals surface area contributed by atoms with Crippen molar-refractivity contribution in [2.75, 3.05) is 0 Å². The van der Waals surface area contributed by atoms with Crippen LogP contribution < -0.4 is 0 Å². The normalized spacial score (nSPS) is 11.4. The molecule has 0 spiro atoms. The molecule has 0 saturated heterocycles. The fourth-order valence-corrected chi connectivity index (χ4v) is 9.32. The molecule has 0 bridgehead atoms. The Hall–Kier alpha value is 1.06. The third-order valence-corrected chi connectivity index (χ3v) is 12.4. The molecule has 0 aliphatic carbocycles. The van der Waals surface area contributed by atoms with E-state index < -0.39 is 0 Å². The molecule has 0 aromatic rings. The van der Waals surface area contributed by atoms with E-state index in [1.54, 1.807) is 47.8 Å². The van der Waals surface area contributed by atoms with Crippen LogP contribution in [0.4, 0.5) is 0 Å². The molecule has 136 valence electrons. The van der Waals surface area contributed by atoms with E-state index in [0.29, 0.717) is 0 Å². The quantitative estimate of drug-likeness (QED) is 0.162. The van der Waals surface area contributed by atoms with Crippen LogP contribution in [-0.4, -0.2) is 17.6 Å². The van der Waals surface area contributed by atoms with Gasteiger partial charge in [0.1, 0.15) is 0 Å². The Morgan fingerprint density at radius 3 is 1.09 bits per heavy atom. The van der Waals surface area contributed by atoms with Crippen molar-refractivity contribution in [2.24, 2.45) is 0 Å². The summed E-state index contributed by atoms with van der Waals surface area (Å²) in [5, 5.41) is 3.37. The molecule has 0 N–H and O–H groups in total. The van der Waals surface area contributed by atoms with Gasteiger partial charge in [-0.05, 0) is 0 Å². The Morgan fingerprint density at radius 1 is 0.435 bits per heavy atom. The first-order valence-electron chi connectivity index (χ1n) is 11.1. The molecule has 0 unspecified atom stereocenters. The van der Waals surface area contributed by atoms with E-state index in [-0.39, 0.29) is 34.7 Å². The third kappa shape index (κ3) is 23.1. The van der Waals surface area contributed by atoms with Gasteiger partial charge in [-0.3, -0.25) is 0 Å². The van der Waals surface area contributed by atoms with Crippen LogP contribution in [0.2, 0.25) is 48.3 Å². The number of rotatable bonds is 18. The van der Waals surface area contributed by atoms with Crippen molar-refractivity contribution in [2.45, 2.75) is 125 Å². The number of hydrogen-bond acceptors (Lipinski definition) is 0. The van der Waals surface area contributed by atoms with E-state index >= 15 is 0 Å². The summed E-state index contributed by atoms with van der Waals surface area (Å²) in [5.74, 6) is 0. The van der Waals surface area contributed by atoms with Gasteiger partial charge >= 0.3 is 160 Å². The van der Waals surface area contributed by atoms with Crippen LogP contribution in [0.5, 0.6) is 0 Å². The Labute approximate surface area is 159 Å². The van der Waals surface area contributed by atoms with Crippen molar-refractivity contribution in [3.63, 3.8) is 0 Å². The van der Waals surface area contributed by atoms with Gasteiger partial charge in [-0.15, -0.1) is 0 Å². The Bertz CT molecular complexity index is 198. The topological polar surface area (TPSA) is 0 Å². The molecule has 0 aromatic carbocycles. The van der Waals surface area contributed by atoms with E-state index in [2.05, 4.69) is 26.2 Å². The molecule has 0 amide bonds. The van der Waals surface area contributed by atoms with Crippen molar-refractivity contribution in [3.8, 4) is 0 Å². The van der Waals surface area contributed by atoms with Gasteiger partial charge < -0.3 is 0 Å². The number of hydrogen-bond donors (Lipinski definition) is 0. The molecule has 0 nitrogen and oxygen atoms in total. The second kappa shape index (κ2) is 19.4. The monoisotopic (exact) mass is 406 g/mol. The fourth-order valence-electron chi connectivity index (χ4n) is 3.40. The molecule has 0 radical (unpaired) electrons. The summed E-state index contributed by atoms with van der Waals surface area (Å²) in [5.41, 5.74) is 0. The van der Waals surface area contributed by atoms with Crippen LogP contribution in [0.3, 0.4) is 0 Å². The zero-order chi connectivity index (χ0) is 17.2. The SMILES string of the molecule is C[SiH](C)CCCCCCC[CH2][Zn][CH2]CCCCCCC[SiH](C)C. The molecular weight excluding hydrogens is 362 g/mol. The van der Waals surface area contributed by atoms with Crippen LogP contribution in [-0.2, 0) is 17.1 Å². The molecule has 0 aliphatic rings. The summed E-state index contributed by atoms with van der Waals surface area (Å²) in [6, 6.07) is 3.16. The minimum absolute atomic E-state index is 0.102. The van der Waals surface area contributed by atoms with Gasteiger partial charge in [0.05, 0.1) is 0 Å². The van der Waals surface area contributed by atoms with Gasteiger partial charge in [-0.1, -0.05) is 0 Å². The predicted octanol–water partition coefficient (Wildman–Crippen LogP) is 7.56. The molecule has 0 rings (SSSR count). The van der Waals surface area contributed by atoms with E-state index in [9.17, 15) is 0 Å². The van der Waals surface area contributed by atoms with Gasteiger partial charge in [0, 0.05) is 0 Å². The molecule has 23 heavy (non-hydrogen) atoms. The number of unbranched alkanes of at least 4 members (excludes halogenated alkanes) is 10. The maximum atomic E-state index is 2.49. The van der Waals surface area contributed by atoms with Crippen LogP contribution in [0, 0.1) is 0 Å². The molecule has 0 saturated carbocycles. The zero-order valence-corrected chi connectivity index (χ0v) is 22.5. The fraction of sp³-hybridized carbons (Fsp3) is 1.00. The van der Waals surface area contributed by atoms with Crippen molar-refractivity contribution >= 4 is 17.6 Å². The Balaban J connectivity index is 2.97. The molecular formula is C20H46Si2Zn. The molecule has 0 aromatic heterocycles. The van der Waals surface area contributed by atoms with Gasteiger partial charge in [-0.2, -0.15) is 0 Å². The third-order valence-electron chi connectivity index (χ3n) is 5.06. The Kier molecular flexibility index (Phi) is 20.3. The van der Waals surface area contributed by atoms with Gasteiger partial charge in [0.15, 0.2) is 0 Å². The van der Waals surface area contributed by atoms with Crippen LogP contribution in [0.15, 0.2) is 0 Å². The summed E-state index contributed by atoms with van der Waals surface area (Å²) in [4.78, 5) is 0. The predicted molar refractivity (Wildman–Crippen MR) is 112 cm³/mol. The summed E-state index contributed by atoms with van der Waals surface area (Å²) in [7, 11) is -0.517. The van der Waals surface area contributed by atoms with E-state index in [1.165, 1.54) is 51.4 Å². The van der Waals surface area contributed by atoms with Gasteiger partial charge in [0.25, 0.3) is 0 Å². The van der Waals surface area contributed by atoms with Gasteiger partial charge in [0.2, 0.25) is 0 Å².